The number of rotatable bonds is 3. The Hall–Kier alpha value is -1.89. The number of carbonyl (C=O) groups excluding carboxylic acids is 2. The van der Waals surface area contributed by atoms with Gasteiger partial charge in [-0.25, -0.2) is 0 Å². The predicted octanol–water partition coefficient (Wildman–Crippen LogP) is 1.08. The number of thioether (sulfide) groups is 1. The van der Waals surface area contributed by atoms with Crippen LogP contribution in [-0.4, -0.2) is 33.8 Å². The monoisotopic (exact) mass is 264 g/mol. The first kappa shape index (κ1) is 12.6. The molecule has 1 aliphatic rings. The first-order valence-corrected chi connectivity index (χ1v) is 6.29. The van der Waals surface area contributed by atoms with Crippen LogP contribution in [0.1, 0.15) is 28.7 Å². The van der Waals surface area contributed by atoms with Gasteiger partial charge in [0.25, 0.3) is 0 Å². The van der Waals surface area contributed by atoms with Gasteiger partial charge in [0.05, 0.1) is 17.7 Å². The highest BCUT2D eigenvalue weighted by Gasteiger charge is 2.15. The molecule has 18 heavy (non-hydrogen) atoms. The number of amides is 1. The number of hydrogen-bond acceptors (Lipinski definition) is 5. The van der Waals surface area contributed by atoms with Crippen molar-refractivity contribution in [2.24, 2.45) is 10.2 Å². The number of Topliss-reactive ketones (excluding diaryl/α,β-unsaturated/α-hetero) is 1. The Kier molecular flexibility index (Phi) is 3.61. The Morgan fingerprint density at radius 1 is 1.56 bits per heavy atom. The van der Waals surface area contributed by atoms with E-state index in [2.05, 4.69) is 20.5 Å². The number of ketones is 1. The van der Waals surface area contributed by atoms with Crippen LogP contribution in [0.4, 0.5) is 0 Å². The second-order valence-corrected chi connectivity index (χ2v) is 4.77. The minimum absolute atomic E-state index is 0.00771. The van der Waals surface area contributed by atoms with E-state index in [9.17, 15) is 9.59 Å². The molecule has 7 heteroatoms. The molecule has 1 saturated heterocycles. The fraction of sp³-hybridized carbons (Fsp3) is 0.273. The number of aromatic amines is 1. The van der Waals surface area contributed by atoms with Crippen molar-refractivity contribution < 1.29 is 9.59 Å². The number of amidine groups is 1. The summed E-state index contributed by atoms with van der Waals surface area (Å²) in [5, 5.41) is 10.8. The van der Waals surface area contributed by atoms with Gasteiger partial charge in [-0.3, -0.25) is 9.59 Å². The Morgan fingerprint density at radius 3 is 2.89 bits per heavy atom. The van der Waals surface area contributed by atoms with E-state index in [-0.39, 0.29) is 11.7 Å². The standard InChI is InChI=1S/C11H12N4O2S/c1-6-9(7(2)16)3-8(13-6)4-12-15-11-14-10(17)5-18-11/h3-4,13H,5H2,1-2H3,(H,14,15,17)/b12-4+. The van der Waals surface area contributed by atoms with Crippen molar-refractivity contribution in [3.63, 3.8) is 0 Å². The highest BCUT2D eigenvalue weighted by atomic mass is 32.2. The van der Waals surface area contributed by atoms with Gasteiger partial charge in [0.2, 0.25) is 5.91 Å². The Bertz CT molecular complexity index is 559. The largest absolute Gasteiger partial charge is 0.357 e. The maximum absolute atomic E-state index is 11.3. The topological polar surface area (TPSA) is 86.7 Å². The number of aromatic nitrogens is 1. The molecule has 0 aliphatic carbocycles. The molecule has 0 atom stereocenters. The quantitative estimate of drug-likeness (QED) is 0.486. The second-order valence-electron chi connectivity index (χ2n) is 3.81. The van der Waals surface area contributed by atoms with Crippen molar-refractivity contribution in [3.8, 4) is 0 Å². The van der Waals surface area contributed by atoms with Gasteiger partial charge in [-0.15, -0.1) is 5.10 Å². The number of nitrogens with zero attached hydrogens (tertiary/aromatic N) is 2. The van der Waals surface area contributed by atoms with E-state index in [1.54, 1.807) is 6.07 Å². The summed E-state index contributed by atoms with van der Waals surface area (Å²) >= 11 is 1.31. The zero-order valence-corrected chi connectivity index (χ0v) is 10.8. The van der Waals surface area contributed by atoms with Crippen LogP contribution in [0.2, 0.25) is 0 Å². The van der Waals surface area contributed by atoms with E-state index in [1.165, 1.54) is 24.9 Å². The van der Waals surface area contributed by atoms with Crippen LogP contribution >= 0.6 is 11.8 Å². The lowest BCUT2D eigenvalue weighted by Gasteiger charge is -1.89. The summed E-state index contributed by atoms with van der Waals surface area (Å²) < 4.78 is 0. The molecule has 2 rings (SSSR count). The normalized spacial score (nSPS) is 17.7. The maximum atomic E-state index is 11.3. The summed E-state index contributed by atoms with van der Waals surface area (Å²) in [5.41, 5.74) is 2.16. The molecule has 6 nitrogen and oxygen atoms in total. The number of nitrogens with one attached hydrogen (secondary N) is 2. The molecule has 0 saturated carbocycles. The van der Waals surface area contributed by atoms with E-state index in [1.807, 2.05) is 6.92 Å². The molecule has 2 heterocycles. The third-order valence-electron chi connectivity index (χ3n) is 2.35. The molecule has 0 bridgehead atoms. The van der Waals surface area contributed by atoms with Crippen molar-refractivity contribution in [1.29, 1.82) is 0 Å². The minimum atomic E-state index is -0.0662. The summed E-state index contributed by atoms with van der Waals surface area (Å²) in [6.07, 6.45) is 1.51. The zero-order valence-electron chi connectivity index (χ0n) is 9.98. The highest BCUT2D eigenvalue weighted by molar-refractivity contribution is 8.15. The summed E-state index contributed by atoms with van der Waals surface area (Å²) in [5.74, 6) is 0.321. The van der Waals surface area contributed by atoms with Gasteiger partial charge in [0.15, 0.2) is 11.0 Å². The molecule has 1 fully saturated rings. The van der Waals surface area contributed by atoms with E-state index in [0.717, 1.165) is 5.69 Å². The first-order valence-electron chi connectivity index (χ1n) is 5.30. The zero-order chi connectivity index (χ0) is 13.1. The summed E-state index contributed by atoms with van der Waals surface area (Å²) in [4.78, 5) is 25.2. The van der Waals surface area contributed by atoms with Gasteiger partial charge in [0, 0.05) is 11.3 Å². The molecule has 94 valence electrons. The highest BCUT2D eigenvalue weighted by Crippen LogP contribution is 2.10. The van der Waals surface area contributed by atoms with E-state index < -0.39 is 0 Å². The van der Waals surface area contributed by atoms with Gasteiger partial charge >= 0.3 is 0 Å². The number of aryl methyl sites for hydroxylation is 1. The van der Waals surface area contributed by atoms with Gasteiger partial charge in [0.1, 0.15) is 0 Å². The second kappa shape index (κ2) is 5.18. The smallest absolute Gasteiger partial charge is 0.236 e. The third-order valence-corrected chi connectivity index (χ3v) is 3.21. The van der Waals surface area contributed by atoms with Crippen molar-refractivity contribution in [2.45, 2.75) is 13.8 Å². The van der Waals surface area contributed by atoms with Crippen LogP contribution in [0.3, 0.4) is 0 Å². The number of hydrogen-bond donors (Lipinski definition) is 2. The van der Waals surface area contributed by atoms with Crippen molar-refractivity contribution in [1.82, 2.24) is 10.3 Å². The lowest BCUT2D eigenvalue weighted by Crippen LogP contribution is -2.19. The third kappa shape index (κ3) is 2.86. The number of carbonyl (C=O) groups is 2. The van der Waals surface area contributed by atoms with Gasteiger partial charge < -0.3 is 10.3 Å². The van der Waals surface area contributed by atoms with Gasteiger partial charge in [-0.1, -0.05) is 11.8 Å². The van der Waals surface area contributed by atoms with Crippen molar-refractivity contribution >= 4 is 34.8 Å². The van der Waals surface area contributed by atoms with Crippen LogP contribution in [0.15, 0.2) is 16.3 Å². The lowest BCUT2D eigenvalue weighted by molar-refractivity contribution is -0.116. The Morgan fingerprint density at radius 2 is 2.33 bits per heavy atom. The SMILES string of the molecule is CC(=O)c1cc(/C=N/N=C2\NC(=O)CS2)[nH]c1C. The molecule has 0 spiro atoms. The molecule has 2 N–H and O–H groups in total. The minimum Gasteiger partial charge on any atom is -0.357 e. The molecule has 1 aliphatic heterocycles. The molecular weight excluding hydrogens is 252 g/mol. The van der Waals surface area contributed by atoms with E-state index in [0.29, 0.717) is 22.2 Å². The van der Waals surface area contributed by atoms with Crippen LogP contribution in [-0.2, 0) is 4.79 Å². The van der Waals surface area contributed by atoms with Crippen molar-refractivity contribution in [3.05, 3.63) is 23.0 Å². The van der Waals surface area contributed by atoms with Gasteiger partial charge in [-0.2, -0.15) is 5.10 Å². The van der Waals surface area contributed by atoms with Crippen molar-refractivity contribution in [2.75, 3.05) is 5.75 Å². The first-order chi connectivity index (χ1) is 8.56. The van der Waals surface area contributed by atoms with E-state index in [4.69, 9.17) is 0 Å². The average Bonchev–Trinajstić information content (AvgIpc) is 2.85. The summed E-state index contributed by atoms with van der Waals surface area (Å²) in [6, 6.07) is 1.72. The average molecular weight is 264 g/mol. The molecule has 1 aromatic rings. The summed E-state index contributed by atoms with van der Waals surface area (Å²) in [6.45, 7) is 3.34. The van der Waals surface area contributed by atoms with Crippen LogP contribution in [0.5, 0.6) is 0 Å². The molecular formula is C11H12N4O2S. The molecule has 1 amide bonds. The molecule has 1 aromatic heterocycles. The predicted molar refractivity (Wildman–Crippen MR) is 71.2 cm³/mol. The van der Waals surface area contributed by atoms with Crippen LogP contribution in [0.25, 0.3) is 0 Å². The van der Waals surface area contributed by atoms with Gasteiger partial charge in [-0.05, 0) is 19.9 Å². The lowest BCUT2D eigenvalue weighted by atomic mass is 10.2. The summed E-state index contributed by atoms with van der Waals surface area (Å²) in [7, 11) is 0. The van der Waals surface area contributed by atoms with Crippen LogP contribution in [0, 0.1) is 6.92 Å². The molecule has 0 unspecified atom stereocenters. The van der Waals surface area contributed by atoms with Crippen LogP contribution < -0.4 is 5.32 Å². The Labute approximate surface area is 108 Å². The van der Waals surface area contributed by atoms with E-state index >= 15 is 0 Å². The molecule has 0 aromatic carbocycles. The fourth-order valence-corrected chi connectivity index (χ4v) is 2.17. The number of H-pyrrole nitrogens is 1. The molecule has 0 radical (unpaired) electrons. The fourth-order valence-electron chi connectivity index (χ4n) is 1.54. The maximum Gasteiger partial charge on any atom is 0.236 e. The Balaban J connectivity index is 2.08.